The summed E-state index contributed by atoms with van der Waals surface area (Å²) >= 11 is 0. The lowest BCUT2D eigenvalue weighted by Crippen LogP contribution is -2.04. The van der Waals surface area contributed by atoms with Gasteiger partial charge in [0.15, 0.2) is 0 Å². The van der Waals surface area contributed by atoms with Gasteiger partial charge in [-0.1, -0.05) is 30.3 Å². The third-order valence-corrected chi connectivity index (χ3v) is 2.34. The second kappa shape index (κ2) is 5.25. The molecule has 2 aromatic rings. The molecular weight excluding hydrogens is 214 g/mol. The average molecular weight is 227 g/mol. The molecule has 0 N–H and O–H groups in total. The van der Waals surface area contributed by atoms with Gasteiger partial charge in [0.2, 0.25) is 0 Å². The predicted molar refractivity (Wildman–Crippen MR) is 65.6 cm³/mol. The Labute approximate surface area is 100 Å². The summed E-state index contributed by atoms with van der Waals surface area (Å²) in [5, 5.41) is 0. The number of hydrogen-bond acceptors (Lipinski definition) is 3. The van der Waals surface area contributed by atoms with E-state index < -0.39 is 0 Å². The van der Waals surface area contributed by atoms with Crippen LogP contribution in [0.5, 0.6) is 0 Å². The monoisotopic (exact) mass is 227 g/mol. The summed E-state index contributed by atoms with van der Waals surface area (Å²) in [7, 11) is 0. The molecule has 0 saturated carbocycles. The molecule has 0 bridgehead atoms. The van der Waals surface area contributed by atoms with Gasteiger partial charge in [-0.05, 0) is 19.1 Å². The third kappa shape index (κ3) is 2.69. The first-order valence-electron chi connectivity index (χ1n) is 5.50. The van der Waals surface area contributed by atoms with E-state index in [4.69, 9.17) is 4.74 Å². The van der Waals surface area contributed by atoms with Crippen LogP contribution in [0.3, 0.4) is 0 Å². The van der Waals surface area contributed by atoms with Gasteiger partial charge in [0.25, 0.3) is 0 Å². The van der Waals surface area contributed by atoms with E-state index in [0.29, 0.717) is 12.2 Å². The molecule has 0 unspecified atom stereocenters. The minimum Gasteiger partial charge on any atom is -0.462 e. The molecule has 3 nitrogen and oxygen atoms in total. The highest BCUT2D eigenvalue weighted by Crippen LogP contribution is 2.17. The fourth-order valence-corrected chi connectivity index (χ4v) is 1.54. The molecule has 0 aliphatic rings. The van der Waals surface area contributed by atoms with Gasteiger partial charge in [-0.15, -0.1) is 0 Å². The zero-order valence-electron chi connectivity index (χ0n) is 9.59. The number of carbonyl (C=O) groups is 1. The number of esters is 1. The fourth-order valence-electron chi connectivity index (χ4n) is 1.54. The van der Waals surface area contributed by atoms with Crippen LogP contribution in [0, 0.1) is 0 Å². The SMILES string of the molecule is CCOC(=O)c1ccnc(-c2ccccc2)c1. The average Bonchev–Trinajstić information content (AvgIpc) is 2.40. The van der Waals surface area contributed by atoms with Crippen molar-refractivity contribution in [3.63, 3.8) is 0 Å². The maximum absolute atomic E-state index is 11.6. The van der Waals surface area contributed by atoms with Gasteiger partial charge in [0.05, 0.1) is 17.9 Å². The molecule has 1 aromatic heterocycles. The molecule has 0 fully saturated rings. The molecule has 17 heavy (non-hydrogen) atoms. The van der Waals surface area contributed by atoms with Crippen molar-refractivity contribution in [3.8, 4) is 11.3 Å². The van der Waals surface area contributed by atoms with Gasteiger partial charge in [0.1, 0.15) is 0 Å². The first-order valence-corrected chi connectivity index (χ1v) is 5.50. The minimum absolute atomic E-state index is 0.313. The normalized spacial score (nSPS) is 9.94. The van der Waals surface area contributed by atoms with Gasteiger partial charge in [-0.25, -0.2) is 4.79 Å². The van der Waals surface area contributed by atoms with Crippen LogP contribution in [0.2, 0.25) is 0 Å². The van der Waals surface area contributed by atoms with Crippen LogP contribution in [0.15, 0.2) is 48.7 Å². The van der Waals surface area contributed by atoms with Crippen LogP contribution in [0.4, 0.5) is 0 Å². The van der Waals surface area contributed by atoms with E-state index in [0.717, 1.165) is 11.3 Å². The summed E-state index contributed by atoms with van der Waals surface area (Å²) in [6.45, 7) is 2.17. The quantitative estimate of drug-likeness (QED) is 0.757. The van der Waals surface area contributed by atoms with E-state index in [1.54, 1.807) is 25.3 Å². The Morgan fingerprint density at radius 1 is 1.24 bits per heavy atom. The second-order valence-corrected chi connectivity index (χ2v) is 3.52. The summed E-state index contributed by atoms with van der Waals surface area (Å²) in [5.74, 6) is -0.313. The number of hydrogen-bond donors (Lipinski definition) is 0. The summed E-state index contributed by atoms with van der Waals surface area (Å²) in [4.78, 5) is 15.8. The van der Waals surface area contributed by atoms with E-state index in [-0.39, 0.29) is 5.97 Å². The van der Waals surface area contributed by atoms with Crippen molar-refractivity contribution in [2.75, 3.05) is 6.61 Å². The smallest absolute Gasteiger partial charge is 0.338 e. The molecule has 0 saturated heterocycles. The lowest BCUT2D eigenvalue weighted by atomic mass is 10.1. The van der Waals surface area contributed by atoms with E-state index >= 15 is 0 Å². The van der Waals surface area contributed by atoms with E-state index in [1.807, 2.05) is 30.3 Å². The van der Waals surface area contributed by atoms with Crippen LogP contribution in [-0.4, -0.2) is 17.6 Å². The highest BCUT2D eigenvalue weighted by molar-refractivity contribution is 5.90. The number of ether oxygens (including phenoxy) is 1. The predicted octanol–water partition coefficient (Wildman–Crippen LogP) is 2.93. The van der Waals surface area contributed by atoms with Crippen molar-refractivity contribution in [1.82, 2.24) is 4.98 Å². The van der Waals surface area contributed by atoms with Crippen molar-refractivity contribution in [1.29, 1.82) is 0 Å². The highest BCUT2D eigenvalue weighted by atomic mass is 16.5. The van der Waals surface area contributed by atoms with Gasteiger partial charge in [-0.3, -0.25) is 4.98 Å². The van der Waals surface area contributed by atoms with E-state index in [1.165, 1.54) is 0 Å². The molecule has 0 spiro atoms. The van der Waals surface area contributed by atoms with Crippen LogP contribution in [0.25, 0.3) is 11.3 Å². The highest BCUT2D eigenvalue weighted by Gasteiger charge is 2.08. The largest absolute Gasteiger partial charge is 0.462 e. The summed E-state index contributed by atoms with van der Waals surface area (Å²) in [6.07, 6.45) is 1.62. The maximum atomic E-state index is 11.6. The third-order valence-electron chi connectivity index (χ3n) is 2.34. The fraction of sp³-hybridized carbons (Fsp3) is 0.143. The Balaban J connectivity index is 2.32. The first kappa shape index (κ1) is 11.3. The lowest BCUT2D eigenvalue weighted by molar-refractivity contribution is 0.0526. The van der Waals surface area contributed by atoms with Crippen molar-refractivity contribution >= 4 is 5.97 Å². The Hall–Kier alpha value is -2.16. The molecule has 0 radical (unpaired) electrons. The minimum atomic E-state index is -0.313. The first-order chi connectivity index (χ1) is 8.31. The topological polar surface area (TPSA) is 39.2 Å². The zero-order valence-corrected chi connectivity index (χ0v) is 9.59. The number of benzene rings is 1. The van der Waals surface area contributed by atoms with Gasteiger partial charge >= 0.3 is 5.97 Å². The van der Waals surface area contributed by atoms with Crippen molar-refractivity contribution in [3.05, 3.63) is 54.2 Å². The Morgan fingerprint density at radius 2 is 2.00 bits per heavy atom. The van der Waals surface area contributed by atoms with Gasteiger partial charge in [-0.2, -0.15) is 0 Å². The summed E-state index contributed by atoms with van der Waals surface area (Å²) < 4.78 is 4.95. The summed E-state index contributed by atoms with van der Waals surface area (Å²) in [5.41, 5.74) is 2.29. The zero-order chi connectivity index (χ0) is 12.1. The summed E-state index contributed by atoms with van der Waals surface area (Å²) in [6, 6.07) is 13.1. The molecular formula is C14H13NO2. The number of nitrogens with zero attached hydrogens (tertiary/aromatic N) is 1. The van der Waals surface area contributed by atoms with Crippen LogP contribution in [-0.2, 0) is 4.74 Å². The lowest BCUT2D eigenvalue weighted by Gasteiger charge is -2.04. The maximum Gasteiger partial charge on any atom is 0.338 e. The van der Waals surface area contributed by atoms with Crippen molar-refractivity contribution in [2.45, 2.75) is 6.92 Å². The molecule has 86 valence electrons. The molecule has 1 heterocycles. The molecule has 3 heteroatoms. The van der Waals surface area contributed by atoms with Gasteiger partial charge in [0, 0.05) is 11.8 Å². The molecule has 0 amide bonds. The Morgan fingerprint density at radius 3 is 2.71 bits per heavy atom. The van der Waals surface area contributed by atoms with Crippen molar-refractivity contribution < 1.29 is 9.53 Å². The van der Waals surface area contributed by atoms with E-state index in [2.05, 4.69) is 4.98 Å². The molecule has 2 rings (SSSR count). The molecule has 0 aliphatic heterocycles. The number of aromatic nitrogens is 1. The van der Waals surface area contributed by atoms with Gasteiger partial charge < -0.3 is 4.74 Å². The number of pyridine rings is 1. The van der Waals surface area contributed by atoms with Crippen molar-refractivity contribution in [2.24, 2.45) is 0 Å². The standard InChI is InChI=1S/C14H13NO2/c1-2-17-14(16)12-8-9-15-13(10-12)11-6-4-3-5-7-11/h3-10H,2H2,1H3. The van der Waals surface area contributed by atoms with E-state index in [9.17, 15) is 4.79 Å². The Bertz CT molecular complexity index is 509. The number of rotatable bonds is 3. The number of carbonyl (C=O) groups excluding carboxylic acids is 1. The second-order valence-electron chi connectivity index (χ2n) is 3.52. The molecule has 0 atom stereocenters. The molecule has 0 aliphatic carbocycles. The Kier molecular flexibility index (Phi) is 3.50. The van der Waals surface area contributed by atoms with Crippen LogP contribution in [0.1, 0.15) is 17.3 Å². The van der Waals surface area contributed by atoms with Crippen LogP contribution < -0.4 is 0 Å². The molecule has 1 aromatic carbocycles. The van der Waals surface area contributed by atoms with Crippen LogP contribution >= 0.6 is 0 Å².